The smallest absolute Gasteiger partial charge is 0.208 e. The van der Waals surface area contributed by atoms with E-state index in [4.69, 9.17) is 0 Å². The molecule has 14 heavy (non-hydrogen) atoms. The largest absolute Gasteiger partial charge is 0.213 e. The summed E-state index contributed by atoms with van der Waals surface area (Å²) in [6.45, 7) is 0. The van der Waals surface area contributed by atoms with Crippen molar-refractivity contribution in [3.05, 3.63) is 0 Å². The first-order chi connectivity index (χ1) is 6.54. The Morgan fingerprint density at radius 2 is 1.79 bits per heavy atom. The Morgan fingerprint density at radius 1 is 1.07 bits per heavy atom. The van der Waals surface area contributed by atoms with E-state index in [2.05, 4.69) is 4.72 Å². The summed E-state index contributed by atoms with van der Waals surface area (Å²) < 4.78 is 24.9. The lowest BCUT2D eigenvalue weighted by Gasteiger charge is -2.31. The van der Waals surface area contributed by atoms with Crippen molar-refractivity contribution in [3.8, 4) is 0 Å². The van der Waals surface area contributed by atoms with Gasteiger partial charge in [0.1, 0.15) is 0 Å². The molecule has 2 rings (SSSR count). The van der Waals surface area contributed by atoms with Gasteiger partial charge in [-0.15, -0.1) is 0 Å². The molecule has 2 aliphatic rings. The average Bonchev–Trinajstić information content (AvgIpc) is 2.47. The molecule has 0 aromatic carbocycles. The normalized spacial score (nSPS) is 38.2. The van der Waals surface area contributed by atoms with Crippen molar-refractivity contribution in [1.82, 2.24) is 4.72 Å². The summed E-state index contributed by atoms with van der Waals surface area (Å²) in [4.78, 5) is 0. The third-order valence-corrected chi connectivity index (χ3v) is 4.43. The lowest BCUT2D eigenvalue weighted by molar-refractivity contribution is 0.242. The molecule has 3 nitrogen and oxygen atoms in total. The van der Waals surface area contributed by atoms with E-state index in [1.807, 2.05) is 0 Å². The molecular weight excluding hydrogens is 198 g/mol. The van der Waals surface area contributed by atoms with E-state index in [-0.39, 0.29) is 6.04 Å². The van der Waals surface area contributed by atoms with Crippen LogP contribution in [0.25, 0.3) is 0 Å². The number of nitrogens with one attached hydrogen (secondary N) is 1. The molecule has 2 aliphatic carbocycles. The number of hydrogen-bond donors (Lipinski definition) is 1. The molecule has 3 atom stereocenters. The summed E-state index contributed by atoms with van der Waals surface area (Å²) in [7, 11) is -3.00. The molecule has 0 spiro atoms. The molecular formula is C10H19NO2S. The molecule has 0 heterocycles. The fourth-order valence-corrected chi connectivity index (χ4v) is 3.93. The minimum atomic E-state index is -3.00. The fraction of sp³-hybridized carbons (Fsp3) is 1.00. The maximum absolute atomic E-state index is 11.1. The third kappa shape index (κ3) is 2.48. The second-order valence-corrected chi connectivity index (χ2v) is 6.63. The van der Waals surface area contributed by atoms with Gasteiger partial charge in [-0.25, -0.2) is 13.1 Å². The zero-order valence-corrected chi connectivity index (χ0v) is 9.52. The van der Waals surface area contributed by atoms with Crippen LogP contribution >= 0.6 is 0 Å². The summed E-state index contributed by atoms with van der Waals surface area (Å²) in [6.07, 6.45) is 8.61. The van der Waals surface area contributed by atoms with Crippen LogP contribution in [0, 0.1) is 11.8 Å². The molecule has 0 aliphatic heterocycles. The van der Waals surface area contributed by atoms with Crippen LogP contribution in [0.5, 0.6) is 0 Å². The first-order valence-electron chi connectivity index (χ1n) is 5.52. The van der Waals surface area contributed by atoms with Crippen LogP contribution in [0.1, 0.15) is 38.5 Å². The van der Waals surface area contributed by atoms with Gasteiger partial charge in [0.15, 0.2) is 0 Å². The Hall–Kier alpha value is -0.0900. The summed E-state index contributed by atoms with van der Waals surface area (Å²) in [5.41, 5.74) is 0. The molecule has 0 saturated heterocycles. The highest BCUT2D eigenvalue weighted by Crippen LogP contribution is 2.42. The van der Waals surface area contributed by atoms with Crippen molar-refractivity contribution >= 4 is 10.0 Å². The van der Waals surface area contributed by atoms with Crippen molar-refractivity contribution in [2.75, 3.05) is 6.26 Å². The molecule has 4 heteroatoms. The molecule has 2 saturated carbocycles. The minimum Gasteiger partial charge on any atom is -0.213 e. The fourth-order valence-electron chi connectivity index (χ4n) is 3.11. The van der Waals surface area contributed by atoms with E-state index in [0.29, 0.717) is 0 Å². The first kappa shape index (κ1) is 10.4. The van der Waals surface area contributed by atoms with Crippen LogP contribution in [-0.2, 0) is 10.0 Å². The molecule has 82 valence electrons. The second-order valence-electron chi connectivity index (χ2n) is 4.85. The lowest BCUT2D eigenvalue weighted by atomic mass is 9.79. The topological polar surface area (TPSA) is 46.2 Å². The van der Waals surface area contributed by atoms with Crippen molar-refractivity contribution in [1.29, 1.82) is 0 Å². The Balaban J connectivity index is 1.91. The monoisotopic (exact) mass is 217 g/mol. The Labute approximate surface area is 86.3 Å². The molecule has 1 unspecified atom stereocenters. The number of hydrogen-bond acceptors (Lipinski definition) is 2. The summed E-state index contributed by atoms with van der Waals surface area (Å²) in [5.74, 6) is 1.69. The SMILES string of the molecule is CS(=O)(=O)NC1CC[C@H]2CCC[C@H]2C1. The van der Waals surface area contributed by atoms with Gasteiger partial charge in [-0.2, -0.15) is 0 Å². The molecule has 0 aromatic rings. The van der Waals surface area contributed by atoms with Crippen LogP contribution < -0.4 is 4.72 Å². The summed E-state index contributed by atoms with van der Waals surface area (Å²) in [6, 6.07) is 0.212. The van der Waals surface area contributed by atoms with Crippen LogP contribution in [0.15, 0.2) is 0 Å². The highest BCUT2D eigenvalue weighted by molar-refractivity contribution is 7.88. The van der Waals surface area contributed by atoms with Gasteiger partial charge in [-0.3, -0.25) is 0 Å². The van der Waals surface area contributed by atoms with Gasteiger partial charge in [0.25, 0.3) is 0 Å². The van der Waals surface area contributed by atoms with Crippen LogP contribution in [-0.4, -0.2) is 20.7 Å². The number of rotatable bonds is 2. The first-order valence-corrected chi connectivity index (χ1v) is 7.41. The standard InChI is InChI=1S/C10H19NO2S/c1-14(12,13)11-10-6-5-8-3-2-4-9(8)7-10/h8-11H,2-7H2,1H3/t8-,9+,10?/m1/s1. The minimum absolute atomic E-state index is 0.212. The molecule has 2 fully saturated rings. The van der Waals surface area contributed by atoms with Crippen LogP contribution in [0.3, 0.4) is 0 Å². The Bertz CT molecular complexity index is 299. The maximum Gasteiger partial charge on any atom is 0.208 e. The van der Waals surface area contributed by atoms with E-state index in [1.165, 1.54) is 31.9 Å². The molecule has 0 bridgehead atoms. The number of sulfonamides is 1. The van der Waals surface area contributed by atoms with Crippen molar-refractivity contribution in [2.24, 2.45) is 11.8 Å². The third-order valence-electron chi connectivity index (χ3n) is 3.67. The van der Waals surface area contributed by atoms with Crippen molar-refractivity contribution in [2.45, 2.75) is 44.6 Å². The summed E-state index contributed by atoms with van der Waals surface area (Å²) >= 11 is 0. The molecule has 0 radical (unpaired) electrons. The van der Waals surface area contributed by atoms with E-state index in [9.17, 15) is 8.42 Å². The molecule has 0 aromatic heterocycles. The predicted molar refractivity (Wildman–Crippen MR) is 56.4 cm³/mol. The van der Waals surface area contributed by atoms with E-state index in [1.54, 1.807) is 0 Å². The second kappa shape index (κ2) is 3.81. The number of fused-ring (bicyclic) bond motifs is 1. The van der Waals surface area contributed by atoms with E-state index in [0.717, 1.165) is 24.7 Å². The van der Waals surface area contributed by atoms with Gasteiger partial charge in [-0.1, -0.05) is 19.3 Å². The van der Waals surface area contributed by atoms with E-state index >= 15 is 0 Å². The predicted octanol–water partition coefficient (Wildman–Crippen LogP) is 1.50. The Kier molecular flexibility index (Phi) is 2.84. The summed E-state index contributed by atoms with van der Waals surface area (Å²) in [5, 5.41) is 0. The van der Waals surface area contributed by atoms with Crippen LogP contribution in [0.4, 0.5) is 0 Å². The highest BCUT2D eigenvalue weighted by Gasteiger charge is 2.34. The zero-order chi connectivity index (χ0) is 10.2. The Morgan fingerprint density at radius 3 is 2.50 bits per heavy atom. The van der Waals surface area contributed by atoms with Crippen molar-refractivity contribution < 1.29 is 8.42 Å². The molecule has 1 N–H and O–H groups in total. The lowest BCUT2D eigenvalue weighted by Crippen LogP contribution is -2.39. The highest BCUT2D eigenvalue weighted by atomic mass is 32.2. The van der Waals surface area contributed by atoms with Gasteiger partial charge in [0.05, 0.1) is 6.26 Å². The van der Waals surface area contributed by atoms with E-state index < -0.39 is 10.0 Å². The van der Waals surface area contributed by atoms with Crippen LogP contribution in [0.2, 0.25) is 0 Å². The van der Waals surface area contributed by atoms with Crippen molar-refractivity contribution in [3.63, 3.8) is 0 Å². The molecule has 0 amide bonds. The van der Waals surface area contributed by atoms with Gasteiger partial charge >= 0.3 is 0 Å². The van der Waals surface area contributed by atoms with Gasteiger partial charge in [0.2, 0.25) is 10.0 Å². The zero-order valence-electron chi connectivity index (χ0n) is 8.70. The van der Waals surface area contributed by atoms with Gasteiger partial charge in [-0.05, 0) is 31.1 Å². The van der Waals surface area contributed by atoms with Gasteiger partial charge < -0.3 is 0 Å². The quantitative estimate of drug-likeness (QED) is 0.762. The average molecular weight is 217 g/mol. The maximum atomic E-state index is 11.1. The van der Waals surface area contributed by atoms with Gasteiger partial charge in [0, 0.05) is 6.04 Å².